The number of rotatable bonds is 4. The molecular formula is C15H21NO2. The van der Waals surface area contributed by atoms with E-state index in [-0.39, 0.29) is 5.78 Å². The van der Waals surface area contributed by atoms with Crippen LogP contribution in [-0.2, 0) is 6.54 Å². The lowest BCUT2D eigenvalue weighted by Crippen LogP contribution is -2.26. The van der Waals surface area contributed by atoms with Crippen LogP contribution >= 0.6 is 0 Å². The third-order valence-corrected chi connectivity index (χ3v) is 3.75. The Kier molecular flexibility index (Phi) is 4.02. The van der Waals surface area contributed by atoms with Crippen LogP contribution in [0, 0.1) is 0 Å². The van der Waals surface area contributed by atoms with E-state index in [4.69, 9.17) is 4.74 Å². The van der Waals surface area contributed by atoms with Crippen molar-refractivity contribution < 1.29 is 9.53 Å². The van der Waals surface area contributed by atoms with Crippen LogP contribution < -0.4 is 4.74 Å². The Bertz CT molecular complexity index is 442. The quantitative estimate of drug-likeness (QED) is 0.766. The minimum atomic E-state index is 0.105. The molecule has 1 aromatic rings. The standard InChI is InChI=1S/C15H21NO2/c1-11-5-4-8-16(11)10-14-9-13(12(2)17)6-7-15(14)18-3/h6-7,9,11H,4-5,8,10H2,1-3H3. The van der Waals surface area contributed by atoms with Gasteiger partial charge in [0.2, 0.25) is 0 Å². The molecule has 18 heavy (non-hydrogen) atoms. The van der Waals surface area contributed by atoms with Gasteiger partial charge in [-0.2, -0.15) is 0 Å². The van der Waals surface area contributed by atoms with Gasteiger partial charge in [-0.05, 0) is 51.4 Å². The molecule has 1 atom stereocenters. The average molecular weight is 247 g/mol. The van der Waals surface area contributed by atoms with Gasteiger partial charge in [0.25, 0.3) is 0 Å². The van der Waals surface area contributed by atoms with Gasteiger partial charge in [0.15, 0.2) is 5.78 Å². The largest absolute Gasteiger partial charge is 0.496 e. The summed E-state index contributed by atoms with van der Waals surface area (Å²) in [5.74, 6) is 0.979. The van der Waals surface area contributed by atoms with Gasteiger partial charge in [-0.15, -0.1) is 0 Å². The van der Waals surface area contributed by atoms with Crippen molar-refractivity contribution in [2.24, 2.45) is 0 Å². The summed E-state index contributed by atoms with van der Waals surface area (Å²) in [6, 6.07) is 6.31. The molecule has 3 heteroatoms. The van der Waals surface area contributed by atoms with Gasteiger partial charge in [0, 0.05) is 23.7 Å². The molecule has 0 bridgehead atoms. The molecule has 0 spiro atoms. The Morgan fingerprint density at radius 3 is 2.83 bits per heavy atom. The molecule has 1 aliphatic heterocycles. The maximum atomic E-state index is 11.4. The molecule has 1 unspecified atom stereocenters. The van der Waals surface area contributed by atoms with Crippen molar-refractivity contribution >= 4 is 5.78 Å². The minimum absolute atomic E-state index is 0.105. The van der Waals surface area contributed by atoms with Crippen LogP contribution in [0.4, 0.5) is 0 Å². The monoisotopic (exact) mass is 247 g/mol. The first-order valence-corrected chi connectivity index (χ1v) is 6.53. The van der Waals surface area contributed by atoms with Crippen molar-refractivity contribution in [2.45, 2.75) is 39.3 Å². The first kappa shape index (κ1) is 13.1. The smallest absolute Gasteiger partial charge is 0.159 e. The van der Waals surface area contributed by atoms with Gasteiger partial charge in [-0.3, -0.25) is 9.69 Å². The number of benzene rings is 1. The highest BCUT2D eigenvalue weighted by atomic mass is 16.5. The molecular weight excluding hydrogens is 226 g/mol. The van der Waals surface area contributed by atoms with E-state index in [0.717, 1.165) is 30.0 Å². The predicted octanol–water partition coefficient (Wildman–Crippen LogP) is 2.88. The Morgan fingerprint density at radius 1 is 1.50 bits per heavy atom. The number of Topliss-reactive ketones (excluding diaryl/α,β-unsaturated/α-hetero) is 1. The molecule has 0 amide bonds. The maximum Gasteiger partial charge on any atom is 0.159 e. The highest BCUT2D eigenvalue weighted by Crippen LogP contribution is 2.26. The Morgan fingerprint density at radius 2 is 2.28 bits per heavy atom. The summed E-state index contributed by atoms with van der Waals surface area (Å²) in [5.41, 5.74) is 1.87. The Balaban J connectivity index is 2.23. The van der Waals surface area contributed by atoms with Crippen LogP contribution in [-0.4, -0.2) is 30.4 Å². The van der Waals surface area contributed by atoms with Gasteiger partial charge in [0.1, 0.15) is 5.75 Å². The number of carbonyl (C=O) groups excluding carboxylic acids is 1. The second-order valence-corrected chi connectivity index (χ2v) is 5.04. The molecule has 1 aromatic carbocycles. The lowest BCUT2D eigenvalue weighted by Gasteiger charge is -2.22. The lowest BCUT2D eigenvalue weighted by molar-refractivity contribution is 0.101. The van der Waals surface area contributed by atoms with Crippen LogP contribution in [0.3, 0.4) is 0 Å². The van der Waals surface area contributed by atoms with E-state index >= 15 is 0 Å². The summed E-state index contributed by atoms with van der Waals surface area (Å²) in [5, 5.41) is 0. The molecule has 3 nitrogen and oxygen atoms in total. The van der Waals surface area contributed by atoms with Crippen molar-refractivity contribution in [3.05, 3.63) is 29.3 Å². The van der Waals surface area contributed by atoms with Crippen LogP contribution in [0.1, 0.15) is 42.6 Å². The van der Waals surface area contributed by atoms with Crippen molar-refractivity contribution in [1.29, 1.82) is 0 Å². The molecule has 0 saturated carbocycles. The van der Waals surface area contributed by atoms with Gasteiger partial charge in [0.05, 0.1) is 7.11 Å². The summed E-state index contributed by atoms with van der Waals surface area (Å²) < 4.78 is 5.39. The average Bonchev–Trinajstić information content (AvgIpc) is 2.75. The molecule has 0 N–H and O–H groups in total. The molecule has 0 aromatic heterocycles. The van der Waals surface area contributed by atoms with E-state index in [1.807, 2.05) is 18.2 Å². The third-order valence-electron chi connectivity index (χ3n) is 3.75. The molecule has 98 valence electrons. The van der Waals surface area contributed by atoms with Crippen LogP contribution in [0.15, 0.2) is 18.2 Å². The number of methoxy groups -OCH3 is 1. The normalized spacial score (nSPS) is 20.1. The minimum Gasteiger partial charge on any atom is -0.496 e. The van der Waals surface area contributed by atoms with Crippen molar-refractivity contribution in [2.75, 3.05) is 13.7 Å². The van der Waals surface area contributed by atoms with Crippen LogP contribution in [0.5, 0.6) is 5.75 Å². The van der Waals surface area contributed by atoms with Crippen molar-refractivity contribution in [3.63, 3.8) is 0 Å². The van der Waals surface area contributed by atoms with Gasteiger partial charge in [-0.1, -0.05) is 0 Å². The summed E-state index contributed by atoms with van der Waals surface area (Å²) in [7, 11) is 1.68. The maximum absolute atomic E-state index is 11.4. The topological polar surface area (TPSA) is 29.5 Å². The second kappa shape index (κ2) is 5.53. The van der Waals surface area contributed by atoms with Crippen LogP contribution in [0.2, 0.25) is 0 Å². The van der Waals surface area contributed by atoms with Gasteiger partial charge < -0.3 is 4.74 Å². The zero-order valence-corrected chi connectivity index (χ0v) is 11.4. The number of hydrogen-bond donors (Lipinski definition) is 0. The fourth-order valence-electron chi connectivity index (χ4n) is 2.57. The molecule has 1 saturated heterocycles. The lowest BCUT2D eigenvalue weighted by atomic mass is 10.1. The Labute approximate surface area is 109 Å². The van der Waals surface area contributed by atoms with E-state index in [1.165, 1.54) is 12.8 Å². The molecule has 0 aliphatic carbocycles. The van der Waals surface area contributed by atoms with Gasteiger partial charge >= 0.3 is 0 Å². The summed E-state index contributed by atoms with van der Waals surface area (Å²) >= 11 is 0. The number of likely N-dealkylation sites (tertiary alicyclic amines) is 1. The fourth-order valence-corrected chi connectivity index (χ4v) is 2.57. The van der Waals surface area contributed by atoms with E-state index in [0.29, 0.717) is 6.04 Å². The zero-order chi connectivity index (χ0) is 13.1. The van der Waals surface area contributed by atoms with E-state index < -0.39 is 0 Å². The molecule has 2 rings (SSSR count). The summed E-state index contributed by atoms with van der Waals surface area (Å²) in [6.45, 7) is 5.86. The molecule has 1 fully saturated rings. The Hall–Kier alpha value is -1.35. The number of ether oxygens (including phenoxy) is 1. The number of hydrogen-bond acceptors (Lipinski definition) is 3. The molecule has 0 radical (unpaired) electrons. The van der Waals surface area contributed by atoms with E-state index in [9.17, 15) is 4.79 Å². The first-order chi connectivity index (χ1) is 8.61. The number of ketones is 1. The molecule has 1 heterocycles. The first-order valence-electron chi connectivity index (χ1n) is 6.53. The van der Waals surface area contributed by atoms with Crippen molar-refractivity contribution in [1.82, 2.24) is 4.90 Å². The number of carbonyl (C=O) groups is 1. The van der Waals surface area contributed by atoms with Crippen molar-refractivity contribution in [3.8, 4) is 5.75 Å². The van der Waals surface area contributed by atoms with E-state index in [2.05, 4.69) is 11.8 Å². The predicted molar refractivity (Wildman–Crippen MR) is 72.1 cm³/mol. The third kappa shape index (κ3) is 2.72. The highest BCUT2D eigenvalue weighted by Gasteiger charge is 2.21. The highest BCUT2D eigenvalue weighted by molar-refractivity contribution is 5.94. The van der Waals surface area contributed by atoms with E-state index in [1.54, 1.807) is 14.0 Å². The SMILES string of the molecule is COc1ccc(C(C)=O)cc1CN1CCCC1C. The second-order valence-electron chi connectivity index (χ2n) is 5.04. The summed E-state index contributed by atoms with van der Waals surface area (Å²) in [4.78, 5) is 13.9. The fraction of sp³-hybridized carbons (Fsp3) is 0.533. The molecule has 1 aliphatic rings. The van der Waals surface area contributed by atoms with Crippen LogP contribution in [0.25, 0.3) is 0 Å². The number of nitrogens with zero attached hydrogens (tertiary/aromatic N) is 1. The zero-order valence-electron chi connectivity index (χ0n) is 11.4. The summed E-state index contributed by atoms with van der Waals surface area (Å²) in [6.07, 6.45) is 2.52. The van der Waals surface area contributed by atoms with Gasteiger partial charge in [-0.25, -0.2) is 0 Å².